The Balaban J connectivity index is 1.74. The van der Waals surface area contributed by atoms with Gasteiger partial charge in [0.2, 0.25) is 0 Å². The van der Waals surface area contributed by atoms with E-state index >= 15 is 0 Å². The molecule has 1 saturated heterocycles. The summed E-state index contributed by atoms with van der Waals surface area (Å²) in [5.74, 6) is -0.616. The van der Waals surface area contributed by atoms with Crippen LogP contribution < -0.4 is 5.32 Å². The fourth-order valence-electron chi connectivity index (χ4n) is 3.43. The first-order valence-electron chi connectivity index (χ1n) is 8.91. The molecule has 2 heterocycles. The molecular weight excluding hydrogens is 369 g/mol. The van der Waals surface area contributed by atoms with Crippen LogP contribution >= 0.6 is 0 Å². The van der Waals surface area contributed by atoms with E-state index in [4.69, 9.17) is 4.74 Å². The lowest BCUT2D eigenvalue weighted by molar-refractivity contribution is -0.137. The minimum absolute atomic E-state index is 0.0327. The second-order valence-corrected chi connectivity index (χ2v) is 6.64. The van der Waals surface area contributed by atoms with Gasteiger partial charge in [0, 0.05) is 23.8 Å². The highest BCUT2D eigenvalue weighted by molar-refractivity contribution is 6.09. The van der Waals surface area contributed by atoms with Crippen LogP contribution in [0.4, 0.5) is 18.9 Å². The Kier molecular flexibility index (Phi) is 4.77. The Morgan fingerprint density at radius 3 is 2.71 bits per heavy atom. The Hall–Kier alpha value is -2.93. The van der Waals surface area contributed by atoms with Crippen molar-refractivity contribution in [3.63, 3.8) is 0 Å². The van der Waals surface area contributed by atoms with Gasteiger partial charge in [0.1, 0.15) is 0 Å². The maximum atomic E-state index is 13.2. The van der Waals surface area contributed by atoms with Crippen molar-refractivity contribution in [2.24, 2.45) is 0 Å². The maximum absolute atomic E-state index is 13.2. The summed E-state index contributed by atoms with van der Waals surface area (Å²) in [6, 6.07) is 12.1. The molecule has 0 bridgehead atoms. The highest BCUT2D eigenvalue weighted by Crippen LogP contribution is 2.36. The van der Waals surface area contributed by atoms with Crippen LogP contribution in [0.2, 0.25) is 0 Å². The summed E-state index contributed by atoms with van der Waals surface area (Å²) in [4.78, 5) is 17.2. The van der Waals surface area contributed by atoms with Crippen LogP contribution in [0.1, 0.15) is 40.4 Å². The first-order chi connectivity index (χ1) is 13.4. The number of rotatable bonds is 3. The third kappa shape index (κ3) is 3.57. The molecule has 0 saturated carbocycles. The van der Waals surface area contributed by atoms with Gasteiger partial charge in [0.25, 0.3) is 5.91 Å². The van der Waals surface area contributed by atoms with Crippen molar-refractivity contribution in [3.8, 4) is 0 Å². The predicted octanol–water partition coefficient (Wildman–Crippen LogP) is 5.36. The van der Waals surface area contributed by atoms with E-state index in [1.165, 1.54) is 6.07 Å². The minimum Gasteiger partial charge on any atom is -0.374 e. The van der Waals surface area contributed by atoms with Gasteiger partial charge in [-0.15, -0.1) is 0 Å². The van der Waals surface area contributed by atoms with Gasteiger partial charge in [-0.25, -0.2) is 0 Å². The fraction of sp³-hybridized carbons (Fsp3) is 0.238. The number of hydrogen-bond acceptors (Lipinski definition) is 3. The quantitative estimate of drug-likeness (QED) is 0.660. The monoisotopic (exact) mass is 386 g/mol. The van der Waals surface area contributed by atoms with E-state index in [-0.39, 0.29) is 11.7 Å². The number of carbonyl (C=O) groups excluding carboxylic acids is 1. The number of hydrogen-bond donors (Lipinski definition) is 1. The number of benzene rings is 2. The predicted molar refractivity (Wildman–Crippen MR) is 99.1 cm³/mol. The van der Waals surface area contributed by atoms with E-state index in [0.29, 0.717) is 29.8 Å². The molecule has 1 unspecified atom stereocenters. The molecule has 1 aliphatic rings. The number of carbonyl (C=O) groups is 1. The lowest BCUT2D eigenvalue weighted by Crippen LogP contribution is -2.18. The second kappa shape index (κ2) is 7.24. The van der Waals surface area contributed by atoms with Crippen LogP contribution in [-0.4, -0.2) is 17.5 Å². The van der Waals surface area contributed by atoms with Gasteiger partial charge in [-0.3, -0.25) is 9.78 Å². The molecule has 28 heavy (non-hydrogen) atoms. The fourth-order valence-corrected chi connectivity index (χ4v) is 3.43. The lowest BCUT2D eigenvalue weighted by atomic mass is 9.97. The number of halogens is 3. The van der Waals surface area contributed by atoms with Crippen LogP contribution in [0, 0.1) is 0 Å². The number of para-hydroxylation sites is 1. The van der Waals surface area contributed by atoms with Gasteiger partial charge < -0.3 is 10.1 Å². The number of anilines is 1. The van der Waals surface area contributed by atoms with Crippen molar-refractivity contribution in [1.82, 2.24) is 4.98 Å². The zero-order valence-corrected chi connectivity index (χ0v) is 14.8. The molecule has 1 fully saturated rings. The molecule has 1 N–H and O–H groups in total. The van der Waals surface area contributed by atoms with Gasteiger partial charge in [0.15, 0.2) is 0 Å². The normalized spacial score (nSPS) is 17.0. The van der Waals surface area contributed by atoms with Crippen molar-refractivity contribution in [1.29, 1.82) is 0 Å². The Morgan fingerprint density at radius 2 is 1.96 bits per heavy atom. The molecule has 0 aliphatic carbocycles. The number of ether oxygens (including phenoxy) is 1. The average molecular weight is 386 g/mol. The number of nitrogens with zero attached hydrogens (tertiary/aromatic N) is 1. The van der Waals surface area contributed by atoms with Crippen LogP contribution in [-0.2, 0) is 10.9 Å². The summed E-state index contributed by atoms with van der Waals surface area (Å²) in [6.45, 7) is 0.528. The third-order valence-electron chi connectivity index (χ3n) is 4.78. The molecule has 1 atom stereocenters. The zero-order chi connectivity index (χ0) is 19.7. The lowest BCUT2D eigenvalue weighted by Gasteiger charge is -2.18. The summed E-state index contributed by atoms with van der Waals surface area (Å²) in [7, 11) is 0. The first-order valence-corrected chi connectivity index (χ1v) is 8.91. The standard InChI is InChI=1S/C21H17F3N2O2/c22-21(23,24)14-8-9-15(18-7-3-11-28-18)16(12-14)20(27)26-17-6-1-4-13-5-2-10-25-19(13)17/h1-2,4-6,8-10,12,18H,3,7,11H2,(H,26,27). The highest BCUT2D eigenvalue weighted by Gasteiger charge is 2.33. The number of amides is 1. The number of nitrogens with one attached hydrogen (secondary N) is 1. The molecule has 2 aromatic carbocycles. The smallest absolute Gasteiger partial charge is 0.374 e. The summed E-state index contributed by atoms with van der Waals surface area (Å²) in [5.41, 5.74) is 0.587. The van der Waals surface area contributed by atoms with E-state index < -0.39 is 17.6 Å². The van der Waals surface area contributed by atoms with Gasteiger partial charge >= 0.3 is 6.18 Å². The van der Waals surface area contributed by atoms with Gasteiger partial charge in [0.05, 0.1) is 22.9 Å². The van der Waals surface area contributed by atoms with Crippen LogP contribution in [0.5, 0.6) is 0 Å². The number of aromatic nitrogens is 1. The van der Waals surface area contributed by atoms with Crippen LogP contribution in [0.15, 0.2) is 54.7 Å². The number of fused-ring (bicyclic) bond motifs is 1. The molecule has 1 aromatic heterocycles. The molecule has 0 radical (unpaired) electrons. The largest absolute Gasteiger partial charge is 0.416 e. The average Bonchev–Trinajstić information content (AvgIpc) is 3.22. The van der Waals surface area contributed by atoms with Crippen molar-refractivity contribution in [3.05, 3.63) is 71.4 Å². The SMILES string of the molecule is O=C(Nc1cccc2cccnc12)c1cc(C(F)(F)F)ccc1C1CCCO1. The number of alkyl halides is 3. The molecule has 0 spiro atoms. The molecule has 1 aliphatic heterocycles. The second-order valence-electron chi connectivity index (χ2n) is 6.64. The Morgan fingerprint density at radius 1 is 1.14 bits per heavy atom. The van der Waals surface area contributed by atoms with Gasteiger partial charge in [-0.2, -0.15) is 13.2 Å². The summed E-state index contributed by atoms with van der Waals surface area (Å²) in [5, 5.41) is 3.54. The molecule has 4 rings (SSSR count). The van der Waals surface area contributed by atoms with E-state index in [9.17, 15) is 18.0 Å². The van der Waals surface area contributed by atoms with Crippen molar-refractivity contribution in [2.45, 2.75) is 25.1 Å². The van der Waals surface area contributed by atoms with Crippen LogP contribution in [0.3, 0.4) is 0 Å². The highest BCUT2D eigenvalue weighted by atomic mass is 19.4. The van der Waals surface area contributed by atoms with E-state index in [0.717, 1.165) is 23.9 Å². The minimum atomic E-state index is -4.54. The van der Waals surface area contributed by atoms with Crippen molar-refractivity contribution < 1.29 is 22.7 Å². The summed E-state index contributed by atoms with van der Waals surface area (Å²) < 4.78 is 45.2. The number of pyridine rings is 1. The van der Waals surface area contributed by atoms with Crippen LogP contribution in [0.25, 0.3) is 10.9 Å². The Labute approximate surface area is 159 Å². The summed E-state index contributed by atoms with van der Waals surface area (Å²) in [6.07, 6.45) is -1.85. The molecule has 144 valence electrons. The Bertz CT molecular complexity index is 1020. The first kappa shape index (κ1) is 18.4. The maximum Gasteiger partial charge on any atom is 0.416 e. The van der Waals surface area contributed by atoms with Crippen molar-refractivity contribution in [2.75, 3.05) is 11.9 Å². The van der Waals surface area contributed by atoms with Gasteiger partial charge in [-0.05, 0) is 42.7 Å². The molecular formula is C21H17F3N2O2. The van der Waals surface area contributed by atoms with E-state index in [1.807, 2.05) is 12.1 Å². The molecule has 4 nitrogen and oxygen atoms in total. The molecule has 7 heteroatoms. The molecule has 3 aromatic rings. The third-order valence-corrected chi connectivity index (χ3v) is 4.78. The summed E-state index contributed by atoms with van der Waals surface area (Å²) >= 11 is 0. The molecule has 1 amide bonds. The van der Waals surface area contributed by atoms with Gasteiger partial charge in [-0.1, -0.05) is 24.3 Å². The van der Waals surface area contributed by atoms with E-state index in [2.05, 4.69) is 10.3 Å². The van der Waals surface area contributed by atoms with Crippen molar-refractivity contribution >= 4 is 22.5 Å². The zero-order valence-electron chi connectivity index (χ0n) is 14.8. The van der Waals surface area contributed by atoms with E-state index in [1.54, 1.807) is 24.4 Å². The topological polar surface area (TPSA) is 51.2 Å².